The van der Waals surface area contributed by atoms with Gasteiger partial charge in [-0.25, -0.2) is 0 Å². The van der Waals surface area contributed by atoms with E-state index in [1.165, 1.54) is 0 Å². The molecule has 0 radical (unpaired) electrons. The van der Waals surface area contributed by atoms with Crippen LogP contribution in [0.3, 0.4) is 0 Å². The van der Waals surface area contributed by atoms with Crippen LogP contribution in [-0.2, 0) is 0 Å². The second-order valence-corrected chi connectivity index (χ2v) is 8.53. The van der Waals surface area contributed by atoms with Crippen molar-refractivity contribution in [3.05, 3.63) is 35.5 Å². The zero-order chi connectivity index (χ0) is 15.7. The number of fused-ring (bicyclic) bond motifs is 4. The topological polar surface area (TPSA) is 40.5 Å². The number of hydrogen-bond donors (Lipinski definition) is 2. The largest absolute Gasteiger partial charge is 0.389 e. The molecule has 0 saturated heterocycles. The minimum atomic E-state index is -0.298. The third kappa shape index (κ3) is 1.74. The van der Waals surface area contributed by atoms with Crippen molar-refractivity contribution in [1.29, 1.82) is 0 Å². The van der Waals surface area contributed by atoms with E-state index in [1.54, 1.807) is 11.1 Å². The molecule has 4 rings (SSSR count). The van der Waals surface area contributed by atoms with Crippen LogP contribution in [0.1, 0.15) is 46.5 Å². The summed E-state index contributed by atoms with van der Waals surface area (Å²) in [4.78, 5) is 0. The van der Waals surface area contributed by atoms with Crippen LogP contribution >= 0.6 is 0 Å². The van der Waals surface area contributed by atoms with Crippen molar-refractivity contribution in [3.8, 4) is 0 Å². The molecule has 4 aliphatic carbocycles. The molecule has 0 aromatic carbocycles. The monoisotopic (exact) mass is 300 g/mol. The Hall–Kier alpha value is -0.860. The Labute approximate surface area is 133 Å². The van der Waals surface area contributed by atoms with E-state index in [-0.39, 0.29) is 23.0 Å². The van der Waals surface area contributed by atoms with E-state index < -0.39 is 0 Å². The molecule has 120 valence electrons. The van der Waals surface area contributed by atoms with Gasteiger partial charge in [0.15, 0.2) is 0 Å². The molecule has 0 spiro atoms. The van der Waals surface area contributed by atoms with Gasteiger partial charge in [0, 0.05) is 16.7 Å². The van der Waals surface area contributed by atoms with Crippen molar-refractivity contribution < 1.29 is 10.2 Å². The Morgan fingerprint density at radius 1 is 1.09 bits per heavy atom. The van der Waals surface area contributed by atoms with Crippen LogP contribution in [0.2, 0.25) is 0 Å². The normalized spacial score (nSPS) is 53.2. The van der Waals surface area contributed by atoms with Gasteiger partial charge in [0.25, 0.3) is 0 Å². The van der Waals surface area contributed by atoms with Gasteiger partial charge in [-0.3, -0.25) is 0 Å². The maximum atomic E-state index is 10.4. The van der Waals surface area contributed by atoms with E-state index in [0.29, 0.717) is 17.8 Å². The van der Waals surface area contributed by atoms with Crippen LogP contribution < -0.4 is 0 Å². The lowest BCUT2D eigenvalue weighted by Crippen LogP contribution is -2.46. The van der Waals surface area contributed by atoms with Crippen LogP contribution in [0.15, 0.2) is 35.5 Å². The predicted octanol–water partition coefficient (Wildman–Crippen LogP) is 3.61. The molecule has 4 unspecified atom stereocenters. The van der Waals surface area contributed by atoms with Crippen LogP contribution in [0.25, 0.3) is 0 Å². The molecule has 0 aliphatic heterocycles. The fraction of sp³-hybridized carbons (Fsp3) is 0.700. The lowest BCUT2D eigenvalue weighted by atomic mass is 9.51. The Kier molecular flexibility index (Phi) is 3.06. The molecule has 22 heavy (non-hydrogen) atoms. The van der Waals surface area contributed by atoms with Gasteiger partial charge in [-0.1, -0.05) is 56.2 Å². The molecule has 7 atom stereocenters. The zero-order valence-electron chi connectivity index (χ0n) is 13.9. The molecular formula is C20H28O2. The van der Waals surface area contributed by atoms with E-state index in [0.717, 1.165) is 25.7 Å². The summed E-state index contributed by atoms with van der Waals surface area (Å²) < 4.78 is 0. The first-order chi connectivity index (χ1) is 10.4. The van der Waals surface area contributed by atoms with Gasteiger partial charge in [-0.05, 0) is 37.5 Å². The number of aliphatic hydroxyl groups excluding tert-OH is 2. The molecule has 0 amide bonds. The minimum absolute atomic E-state index is 0.00577. The fourth-order valence-electron chi connectivity index (χ4n) is 5.82. The first-order valence-electron chi connectivity index (χ1n) is 8.83. The van der Waals surface area contributed by atoms with E-state index in [2.05, 4.69) is 32.9 Å². The lowest BCUT2D eigenvalue weighted by molar-refractivity contribution is 0.0356. The second kappa shape index (κ2) is 4.58. The van der Waals surface area contributed by atoms with Gasteiger partial charge in [-0.2, -0.15) is 0 Å². The van der Waals surface area contributed by atoms with Gasteiger partial charge < -0.3 is 10.2 Å². The second-order valence-electron chi connectivity index (χ2n) is 8.53. The summed E-state index contributed by atoms with van der Waals surface area (Å²) in [6.45, 7) is 6.98. The molecular weight excluding hydrogens is 272 g/mol. The summed E-state index contributed by atoms with van der Waals surface area (Å²) >= 11 is 0. The Bertz CT molecular complexity index is 587. The van der Waals surface area contributed by atoms with Gasteiger partial charge in [0.2, 0.25) is 0 Å². The van der Waals surface area contributed by atoms with Crippen molar-refractivity contribution in [1.82, 2.24) is 0 Å². The highest BCUT2D eigenvalue weighted by molar-refractivity contribution is 5.42. The zero-order valence-corrected chi connectivity index (χ0v) is 13.9. The maximum absolute atomic E-state index is 10.4. The standard InChI is InChI=1S/C20H28O2/c1-12-10-13-11-14(21)6-8-19(13,2)16-7-9-20(3)15(18(12)16)4-5-17(20)22/h4-6,8,12-15,17,21-22H,7,9-11H2,1-3H3/t12?,13?,14?,15-,17?,19-,20-/m0/s1. The Morgan fingerprint density at radius 3 is 2.64 bits per heavy atom. The molecule has 0 saturated carbocycles. The van der Waals surface area contributed by atoms with Crippen LogP contribution in [-0.4, -0.2) is 22.4 Å². The average molecular weight is 300 g/mol. The van der Waals surface area contributed by atoms with Crippen LogP contribution in [0.4, 0.5) is 0 Å². The van der Waals surface area contributed by atoms with Gasteiger partial charge >= 0.3 is 0 Å². The van der Waals surface area contributed by atoms with Crippen molar-refractivity contribution in [2.75, 3.05) is 0 Å². The molecule has 0 aromatic rings. The minimum Gasteiger partial charge on any atom is -0.389 e. The molecule has 2 N–H and O–H groups in total. The molecule has 0 aromatic heterocycles. The number of allylic oxidation sites excluding steroid dienone is 4. The summed E-state index contributed by atoms with van der Waals surface area (Å²) in [7, 11) is 0. The third-order valence-corrected chi connectivity index (χ3v) is 7.33. The summed E-state index contributed by atoms with van der Waals surface area (Å²) in [5.74, 6) is 1.52. The Morgan fingerprint density at radius 2 is 1.86 bits per heavy atom. The summed E-state index contributed by atoms with van der Waals surface area (Å²) in [6.07, 6.45) is 12.2. The Balaban J connectivity index is 1.84. The SMILES string of the molecule is CC1CC2CC(O)C=C[C@]2(C)C2=C1[C@@H]1C=CC(O)[C@@]1(C)CC2. The number of aliphatic hydroxyl groups is 2. The first kappa shape index (κ1) is 14.7. The van der Waals surface area contributed by atoms with Gasteiger partial charge in [-0.15, -0.1) is 0 Å². The first-order valence-corrected chi connectivity index (χ1v) is 8.83. The molecule has 0 heterocycles. The summed E-state index contributed by atoms with van der Waals surface area (Å²) in [5.41, 5.74) is 3.32. The molecule has 0 fully saturated rings. The maximum Gasteiger partial charge on any atom is 0.0783 e. The summed E-state index contributed by atoms with van der Waals surface area (Å²) in [5, 5.41) is 20.5. The van der Waals surface area contributed by atoms with Crippen LogP contribution in [0, 0.1) is 28.6 Å². The van der Waals surface area contributed by atoms with Gasteiger partial charge in [0.1, 0.15) is 0 Å². The molecule has 4 aliphatic rings. The molecule has 2 heteroatoms. The predicted molar refractivity (Wildman–Crippen MR) is 88.1 cm³/mol. The smallest absolute Gasteiger partial charge is 0.0783 e. The van der Waals surface area contributed by atoms with E-state index in [4.69, 9.17) is 0 Å². The summed E-state index contributed by atoms with van der Waals surface area (Å²) in [6, 6.07) is 0. The van der Waals surface area contributed by atoms with Crippen molar-refractivity contribution in [3.63, 3.8) is 0 Å². The van der Waals surface area contributed by atoms with E-state index >= 15 is 0 Å². The molecule has 0 bridgehead atoms. The van der Waals surface area contributed by atoms with Crippen molar-refractivity contribution in [2.24, 2.45) is 28.6 Å². The fourth-order valence-corrected chi connectivity index (χ4v) is 5.82. The lowest BCUT2D eigenvalue weighted by Gasteiger charge is -2.54. The highest BCUT2D eigenvalue weighted by atomic mass is 16.3. The van der Waals surface area contributed by atoms with E-state index in [1.807, 2.05) is 12.2 Å². The van der Waals surface area contributed by atoms with E-state index in [9.17, 15) is 10.2 Å². The van der Waals surface area contributed by atoms with Crippen LogP contribution in [0.5, 0.6) is 0 Å². The average Bonchev–Trinajstić information content (AvgIpc) is 2.77. The highest BCUT2D eigenvalue weighted by Crippen LogP contribution is 2.62. The highest BCUT2D eigenvalue weighted by Gasteiger charge is 2.54. The van der Waals surface area contributed by atoms with Crippen molar-refractivity contribution >= 4 is 0 Å². The van der Waals surface area contributed by atoms with Gasteiger partial charge in [0.05, 0.1) is 12.2 Å². The molecule has 2 nitrogen and oxygen atoms in total. The number of rotatable bonds is 0. The number of hydrogen-bond acceptors (Lipinski definition) is 2. The third-order valence-electron chi connectivity index (χ3n) is 7.33. The van der Waals surface area contributed by atoms with Crippen molar-refractivity contribution in [2.45, 2.75) is 58.7 Å². The quantitative estimate of drug-likeness (QED) is 0.671.